The molecule has 1 aromatic rings. The summed E-state index contributed by atoms with van der Waals surface area (Å²) in [6.07, 6.45) is 1.25. The maximum atomic E-state index is 10.3. The number of rotatable bonds is 1. The van der Waals surface area contributed by atoms with Crippen molar-refractivity contribution in [2.75, 3.05) is 0 Å². The van der Waals surface area contributed by atoms with Crippen molar-refractivity contribution in [3.8, 4) is 0 Å². The van der Waals surface area contributed by atoms with Crippen LogP contribution in [0.25, 0.3) is 0 Å². The molecule has 1 rings (SSSR count). The van der Waals surface area contributed by atoms with Crippen LogP contribution in [0.2, 0.25) is 10.0 Å². The number of carboxylic acids is 1. The lowest BCUT2D eigenvalue weighted by atomic mass is 10.3. The first kappa shape index (κ1) is 11.2. The van der Waals surface area contributed by atoms with Gasteiger partial charge in [-0.25, -0.2) is 0 Å². The predicted molar refractivity (Wildman–Crippen MR) is 44.6 cm³/mol. The summed E-state index contributed by atoms with van der Waals surface area (Å²) < 4.78 is 0. The second-order valence-corrected chi connectivity index (χ2v) is 2.53. The number of halogens is 2. The highest BCUT2D eigenvalue weighted by Crippen LogP contribution is 2.22. The molecule has 0 aliphatic carbocycles. The predicted octanol–water partition coefficient (Wildman–Crippen LogP) is 1.13. The second-order valence-electron chi connectivity index (χ2n) is 1.74. The SMILES string of the molecule is O=C([O-])c1nccc(Cl)c1Cl.[NH4+]. The zero-order valence-corrected chi connectivity index (χ0v) is 7.69. The van der Waals surface area contributed by atoms with Gasteiger partial charge >= 0.3 is 0 Å². The van der Waals surface area contributed by atoms with E-state index in [1.54, 1.807) is 0 Å². The van der Waals surface area contributed by atoms with Crippen molar-refractivity contribution >= 4 is 29.2 Å². The molecule has 0 amide bonds. The molecule has 0 aliphatic rings. The van der Waals surface area contributed by atoms with Gasteiger partial charge in [-0.3, -0.25) is 4.98 Å². The third-order valence-electron chi connectivity index (χ3n) is 1.04. The number of nitrogens with zero attached hydrogens (tertiary/aromatic N) is 1. The molecule has 1 heterocycles. The smallest absolute Gasteiger partial charge is 0.106 e. The summed E-state index contributed by atoms with van der Waals surface area (Å²) in [6, 6.07) is 1.40. The van der Waals surface area contributed by atoms with Crippen molar-refractivity contribution in [1.82, 2.24) is 11.1 Å². The van der Waals surface area contributed by atoms with E-state index in [-0.39, 0.29) is 21.9 Å². The van der Waals surface area contributed by atoms with Crippen LogP contribution in [0.3, 0.4) is 0 Å². The van der Waals surface area contributed by atoms with E-state index in [0.29, 0.717) is 0 Å². The number of carboxylic acid groups (broad SMARTS) is 1. The van der Waals surface area contributed by atoms with Gasteiger partial charge in [0.2, 0.25) is 0 Å². The van der Waals surface area contributed by atoms with E-state index in [4.69, 9.17) is 23.2 Å². The van der Waals surface area contributed by atoms with Crippen molar-refractivity contribution in [3.05, 3.63) is 28.0 Å². The standard InChI is InChI=1S/C6H3Cl2NO2.H3N/c7-3-1-2-9-5(4(3)8)6(10)11;/h1-2H,(H,10,11);1H3. The Morgan fingerprint density at radius 2 is 2.08 bits per heavy atom. The summed E-state index contributed by atoms with van der Waals surface area (Å²) in [7, 11) is 0. The molecule has 4 nitrogen and oxygen atoms in total. The van der Waals surface area contributed by atoms with Crippen molar-refractivity contribution in [2.24, 2.45) is 0 Å². The van der Waals surface area contributed by atoms with Crippen LogP contribution in [-0.2, 0) is 0 Å². The summed E-state index contributed by atoms with van der Waals surface area (Å²) in [5.74, 6) is -1.43. The highest BCUT2D eigenvalue weighted by molar-refractivity contribution is 6.43. The lowest BCUT2D eigenvalue weighted by molar-refractivity contribution is -0.255. The number of aromatic nitrogens is 1. The molecular formula is C6H6Cl2N2O2. The van der Waals surface area contributed by atoms with E-state index in [0.717, 1.165) is 0 Å². The fraction of sp³-hybridized carbons (Fsp3) is 0. The van der Waals surface area contributed by atoms with Gasteiger partial charge in [0.15, 0.2) is 0 Å². The Morgan fingerprint density at radius 1 is 1.50 bits per heavy atom. The summed E-state index contributed by atoms with van der Waals surface area (Å²) in [4.78, 5) is 13.7. The molecule has 12 heavy (non-hydrogen) atoms. The van der Waals surface area contributed by atoms with E-state index in [2.05, 4.69) is 4.98 Å². The van der Waals surface area contributed by atoms with E-state index < -0.39 is 5.97 Å². The van der Waals surface area contributed by atoms with Crippen LogP contribution in [-0.4, -0.2) is 11.0 Å². The Bertz CT molecular complexity index is 304. The van der Waals surface area contributed by atoms with Crippen LogP contribution in [0.4, 0.5) is 0 Å². The topological polar surface area (TPSA) is 89.5 Å². The summed E-state index contributed by atoms with van der Waals surface area (Å²) >= 11 is 11.0. The number of hydrogen-bond acceptors (Lipinski definition) is 3. The van der Waals surface area contributed by atoms with E-state index in [1.807, 2.05) is 0 Å². The van der Waals surface area contributed by atoms with Gasteiger partial charge in [-0.1, -0.05) is 23.2 Å². The largest absolute Gasteiger partial charge is 0.543 e. The van der Waals surface area contributed by atoms with E-state index in [1.165, 1.54) is 12.3 Å². The zero-order chi connectivity index (χ0) is 8.43. The monoisotopic (exact) mass is 208 g/mol. The van der Waals surface area contributed by atoms with Gasteiger partial charge in [-0.2, -0.15) is 0 Å². The van der Waals surface area contributed by atoms with Crippen molar-refractivity contribution in [1.29, 1.82) is 0 Å². The van der Waals surface area contributed by atoms with Gasteiger partial charge in [0, 0.05) is 6.20 Å². The van der Waals surface area contributed by atoms with Crippen LogP contribution >= 0.6 is 23.2 Å². The number of aromatic carboxylic acids is 1. The average Bonchev–Trinajstić information content (AvgIpc) is 1.94. The first-order valence-electron chi connectivity index (χ1n) is 2.64. The van der Waals surface area contributed by atoms with Gasteiger partial charge in [-0.05, 0) is 6.07 Å². The maximum absolute atomic E-state index is 10.3. The first-order chi connectivity index (χ1) is 5.13. The molecule has 0 radical (unpaired) electrons. The van der Waals surface area contributed by atoms with Crippen LogP contribution in [0.5, 0.6) is 0 Å². The molecule has 0 saturated heterocycles. The lowest BCUT2D eigenvalue weighted by Gasteiger charge is -2.03. The fourth-order valence-corrected chi connectivity index (χ4v) is 0.897. The Hall–Kier alpha value is -0.840. The summed E-state index contributed by atoms with van der Waals surface area (Å²) in [6.45, 7) is 0. The average molecular weight is 209 g/mol. The Kier molecular flexibility index (Phi) is 3.95. The molecule has 0 atom stereocenters. The Morgan fingerprint density at radius 3 is 2.50 bits per heavy atom. The molecule has 66 valence electrons. The highest BCUT2D eigenvalue weighted by Gasteiger charge is 2.05. The third kappa shape index (κ3) is 2.07. The maximum Gasteiger partial charge on any atom is 0.106 e. The molecule has 1 aromatic heterocycles. The van der Waals surface area contributed by atoms with Crippen LogP contribution in [0.1, 0.15) is 10.5 Å². The molecule has 0 saturated carbocycles. The number of hydrogen-bond donors (Lipinski definition) is 1. The quantitative estimate of drug-likeness (QED) is 0.751. The van der Waals surface area contributed by atoms with Crippen molar-refractivity contribution in [2.45, 2.75) is 0 Å². The van der Waals surface area contributed by atoms with E-state index in [9.17, 15) is 9.90 Å². The highest BCUT2D eigenvalue weighted by atomic mass is 35.5. The summed E-state index contributed by atoms with van der Waals surface area (Å²) in [5.41, 5.74) is -0.334. The Labute approximate surface area is 78.7 Å². The number of carbonyl (C=O) groups excluding carboxylic acids is 1. The molecule has 0 aliphatic heterocycles. The normalized spacial score (nSPS) is 8.83. The Balaban J connectivity index is 0.00000121. The van der Waals surface area contributed by atoms with Crippen LogP contribution in [0, 0.1) is 0 Å². The number of pyridine rings is 1. The molecular weight excluding hydrogens is 203 g/mol. The molecule has 0 unspecified atom stereocenters. The van der Waals surface area contributed by atoms with Gasteiger partial charge < -0.3 is 16.1 Å². The van der Waals surface area contributed by atoms with Crippen molar-refractivity contribution < 1.29 is 9.90 Å². The molecule has 0 spiro atoms. The third-order valence-corrected chi connectivity index (χ3v) is 1.83. The molecule has 0 aromatic carbocycles. The minimum atomic E-state index is -1.43. The molecule has 0 bridgehead atoms. The minimum Gasteiger partial charge on any atom is -0.543 e. The first-order valence-corrected chi connectivity index (χ1v) is 3.40. The van der Waals surface area contributed by atoms with Crippen LogP contribution < -0.4 is 11.3 Å². The van der Waals surface area contributed by atoms with Gasteiger partial charge in [0.25, 0.3) is 0 Å². The summed E-state index contributed by atoms with van der Waals surface area (Å²) in [5, 5.41) is 10.3. The van der Waals surface area contributed by atoms with Gasteiger partial charge in [0.1, 0.15) is 5.69 Å². The lowest BCUT2D eigenvalue weighted by Crippen LogP contribution is -2.23. The van der Waals surface area contributed by atoms with E-state index >= 15 is 0 Å². The van der Waals surface area contributed by atoms with Crippen molar-refractivity contribution in [3.63, 3.8) is 0 Å². The number of carbonyl (C=O) groups is 1. The zero-order valence-electron chi connectivity index (χ0n) is 6.17. The number of quaternary nitrogens is 1. The molecule has 4 N–H and O–H groups in total. The van der Waals surface area contributed by atoms with Gasteiger partial charge in [-0.15, -0.1) is 0 Å². The molecule has 6 heteroatoms. The van der Waals surface area contributed by atoms with Gasteiger partial charge in [0.05, 0.1) is 16.0 Å². The fourth-order valence-electron chi connectivity index (χ4n) is 0.563. The minimum absolute atomic E-state index is 0. The van der Waals surface area contributed by atoms with Crippen LogP contribution in [0.15, 0.2) is 12.3 Å². The molecule has 0 fully saturated rings. The second kappa shape index (κ2) is 4.25.